The molecule has 0 saturated carbocycles. The fourth-order valence-electron chi connectivity index (χ4n) is 2.59. The maximum absolute atomic E-state index is 10.8. The van der Waals surface area contributed by atoms with Crippen molar-refractivity contribution in [1.82, 2.24) is 19.6 Å². The van der Waals surface area contributed by atoms with Gasteiger partial charge in [-0.05, 0) is 5.39 Å². The molecule has 4 aromatic rings. The molecule has 0 fully saturated rings. The number of hydrogen-bond acceptors (Lipinski definition) is 4. The van der Waals surface area contributed by atoms with Crippen LogP contribution in [0.25, 0.3) is 16.3 Å². The Labute approximate surface area is 120 Å². The van der Waals surface area contributed by atoms with Crippen LogP contribution in [0.2, 0.25) is 0 Å². The molecule has 5 nitrogen and oxygen atoms in total. The van der Waals surface area contributed by atoms with Crippen molar-refractivity contribution in [3.8, 4) is 0 Å². The number of aliphatic hydroxyl groups is 1. The second kappa shape index (κ2) is 4.64. The van der Waals surface area contributed by atoms with Gasteiger partial charge >= 0.3 is 0 Å². The summed E-state index contributed by atoms with van der Waals surface area (Å²) in [6.07, 6.45) is 9.50. The molecule has 4 rings (SSSR count). The minimum atomic E-state index is -0.787. The van der Waals surface area contributed by atoms with Gasteiger partial charge in [-0.1, -0.05) is 24.3 Å². The molecule has 102 valence electrons. The summed E-state index contributed by atoms with van der Waals surface area (Å²) in [7, 11) is 0. The molecule has 0 amide bonds. The maximum Gasteiger partial charge on any atom is 0.110 e. The molecule has 0 saturated heterocycles. The van der Waals surface area contributed by atoms with E-state index in [0.717, 1.165) is 27.4 Å². The van der Waals surface area contributed by atoms with E-state index in [1.807, 2.05) is 24.3 Å². The normalized spacial score (nSPS) is 12.8. The first-order chi connectivity index (χ1) is 10.3. The minimum absolute atomic E-state index is 0.723. The average molecular weight is 276 g/mol. The van der Waals surface area contributed by atoms with Crippen molar-refractivity contribution in [2.24, 2.45) is 0 Å². The number of pyridine rings is 1. The Kier molecular flexibility index (Phi) is 2.65. The Hall–Kier alpha value is -2.79. The topological polar surface area (TPSA) is 63.3 Å². The van der Waals surface area contributed by atoms with Crippen LogP contribution in [0.3, 0.4) is 0 Å². The minimum Gasteiger partial charge on any atom is -0.383 e. The summed E-state index contributed by atoms with van der Waals surface area (Å²) >= 11 is 0. The third-order valence-corrected chi connectivity index (χ3v) is 3.64. The SMILES string of the molecule is OC(c1cncc2ccccc12)c1cnn2ccncc12. The van der Waals surface area contributed by atoms with Crippen LogP contribution in [0, 0.1) is 0 Å². The molecule has 0 spiro atoms. The van der Waals surface area contributed by atoms with Crippen LogP contribution in [0.5, 0.6) is 0 Å². The van der Waals surface area contributed by atoms with Crippen molar-refractivity contribution in [2.75, 3.05) is 0 Å². The molecule has 3 heterocycles. The maximum atomic E-state index is 10.8. The van der Waals surface area contributed by atoms with E-state index in [0.29, 0.717) is 0 Å². The van der Waals surface area contributed by atoms with Crippen LogP contribution in [0.1, 0.15) is 17.2 Å². The third-order valence-electron chi connectivity index (χ3n) is 3.64. The molecular weight excluding hydrogens is 264 g/mol. The van der Waals surface area contributed by atoms with E-state index in [2.05, 4.69) is 15.1 Å². The first kappa shape index (κ1) is 12.0. The number of aliphatic hydroxyl groups excluding tert-OH is 1. The smallest absolute Gasteiger partial charge is 0.110 e. The average Bonchev–Trinajstić information content (AvgIpc) is 2.98. The highest BCUT2D eigenvalue weighted by Crippen LogP contribution is 2.29. The molecule has 1 atom stereocenters. The molecule has 3 aromatic heterocycles. The van der Waals surface area contributed by atoms with Crippen LogP contribution < -0.4 is 0 Å². The molecule has 0 radical (unpaired) electrons. The van der Waals surface area contributed by atoms with Crippen molar-refractivity contribution < 1.29 is 5.11 Å². The molecule has 1 unspecified atom stereocenters. The van der Waals surface area contributed by atoms with E-state index in [4.69, 9.17) is 0 Å². The summed E-state index contributed by atoms with van der Waals surface area (Å²) in [4.78, 5) is 8.32. The van der Waals surface area contributed by atoms with Gasteiger partial charge in [-0.3, -0.25) is 9.97 Å². The van der Waals surface area contributed by atoms with Gasteiger partial charge in [0.2, 0.25) is 0 Å². The largest absolute Gasteiger partial charge is 0.383 e. The molecule has 21 heavy (non-hydrogen) atoms. The van der Waals surface area contributed by atoms with Gasteiger partial charge in [0.25, 0.3) is 0 Å². The highest BCUT2D eigenvalue weighted by molar-refractivity contribution is 5.85. The molecular formula is C16H12N4O. The molecule has 0 aliphatic heterocycles. The first-order valence-corrected chi connectivity index (χ1v) is 6.62. The Morgan fingerprint density at radius 2 is 1.86 bits per heavy atom. The lowest BCUT2D eigenvalue weighted by atomic mass is 9.99. The number of benzene rings is 1. The van der Waals surface area contributed by atoms with Gasteiger partial charge in [0.15, 0.2) is 0 Å². The van der Waals surface area contributed by atoms with Crippen LogP contribution in [0.4, 0.5) is 0 Å². The summed E-state index contributed by atoms with van der Waals surface area (Å²) in [5, 5.41) is 17.0. The zero-order valence-electron chi connectivity index (χ0n) is 11.1. The van der Waals surface area contributed by atoms with Crippen molar-refractivity contribution in [3.05, 3.63) is 72.6 Å². The second-order valence-electron chi connectivity index (χ2n) is 4.86. The van der Waals surface area contributed by atoms with Crippen molar-refractivity contribution in [1.29, 1.82) is 0 Å². The quantitative estimate of drug-likeness (QED) is 0.610. The van der Waals surface area contributed by atoms with E-state index >= 15 is 0 Å². The van der Waals surface area contributed by atoms with Gasteiger partial charge in [-0.15, -0.1) is 0 Å². The van der Waals surface area contributed by atoms with Gasteiger partial charge in [0.1, 0.15) is 6.10 Å². The van der Waals surface area contributed by atoms with E-state index in [9.17, 15) is 5.11 Å². The highest BCUT2D eigenvalue weighted by atomic mass is 16.3. The van der Waals surface area contributed by atoms with Gasteiger partial charge in [0.05, 0.1) is 17.9 Å². The molecule has 0 aliphatic rings. The summed E-state index contributed by atoms with van der Waals surface area (Å²) in [6.45, 7) is 0. The zero-order chi connectivity index (χ0) is 14.2. The van der Waals surface area contributed by atoms with Gasteiger partial charge in [-0.25, -0.2) is 4.52 Å². The predicted octanol–water partition coefficient (Wildman–Crippen LogP) is 2.36. The predicted molar refractivity (Wildman–Crippen MR) is 78.8 cm³/mol. The number of fused-ring (bicyclic) bond motifs is 2. The second-order valence-corrected chi connectivity index (χ2v) is 4.86. The highest BCUT2D eigenvalue weighted by Gasteiger charge is 2.18. The van der Waals surface area contributed by atoms with E-state index in [-0.39, 0.29) is 0 Å². The Balaban J connectivity index is 1.92. The van der Waals surface area contributed by atoms with E-state index in [1.165, 1.54) is 0 Å². The molecule has 1 N–H and O–H groups in total. The zero-order valence-corrected chi connectivity index (χ0v) is 11.1. The summed E-state index contributed by atoms with van der Waals surface area (Å²) in [5.74, 6) is 0. The lowest BCUT2D eigenvalue weighted by Gasteiger charge is -2.12. The number of nitrogens with zero attached hydrogens (tertiary/aromatic N) is 4. The monoisotopic (exact) mass is 276 g/mol. The van der Waals surface area contributed by atoms with E-state index < -0.39 is 6.10 Å². The van der Waals surface area contributed by atoms with E-state index in [1.54, 1.807) is 41.7 Å². The fraction of sp³-hybridized carbons (Fsp3) is 0.0625. The number of aromatic nitrogens is 4. The van der Waals surface area contributed by atoms with Gasteiger partial charge < -0.3 is 5.11 Å². The van der Waals surface area contributed by atoms with Crippen LogP contribution in [-0.4, -0.2) is 24.7 Å². The summed E-state index contributed by atoms with van der Waals surface area (Å²) in [6, 6.07) is 7.88. The molecule has 0 aliphatic carbocycles. The van der Waals surface area contributed by atoms with Crippen LogP contribution in [-0.2, 0) is 0 Å². The summed E-state index contributed by atoms with van der Waals surface area (Å²) < 4.78 is 1.70. The summed E-state index contributed by atoms with van der Waals surface area (Å²) in [5.41, 5.74) is 2.28. The Morgan fingerprint density at radius 1 is 0.952 bits per heavy atom. The van der Waals surface area contributed by atoms with Crippen molar-refractivity contribution in [3.63, 3.8) is 0 Å². The van der Waals surface area contributed by atoms with Gasteiger partial charge in [0, 0.05) is 41.3 Å². The lowest BCUT2D eigenvalue weighted by Crippen LogP contribution is -2.01. The van der Waals surface area contributed by atoms with Crippen LogP contribution >= 0.6 is 0 Å². The Bertz CT molecular complexity index is 926. The van der Waals surface area contributed by atoms with Gasteiger partial charge in [-0.2, -0.15) is 5.10 Å². The fourth-order valence-corrected chi connectivity index (χ4v) is 2.59. The standard InChI is InChI=1S/C16H12N4O/c21-16(14-9-19-20-6-5-17-10-15(14)20)13-8-18-7-11-3-1-2-4-12(11)13/h1-10,16,21H. The lowest BCUT2D eigenvalue weighted by molar-refractivity contribution is 0.223. The van der Waals surface area contributed by atoms with Crippen molar-refractivity contribution in [2.45, 2.75) is 6.10 Å². The van der Waals surface area contributed by atoms with Crippen molar-refractivity contribution >= 4 is 16.3 Å². The molecule has 1 aromatic carbocycles. The third kappa shape index (κ3) is 1.86. The van der Waals surface area contributed by atoms with Crippen LogP contribution in [0.15, 0.2) is 61.4 Å². The molecule has 5 heteroatoms. The molecule has 0 bridgehead atoms. The number of rotatable bonds is 2. The Morgan fingerprint density at radius 3 is 2.81 bits per heavy atom. The first-order valence-electron chi connectivity index (χ1n) is 6.62. The number of hydrogen-bond donors (Lipinski definition) is 1.